The fraction of sp³-hybridized carbons (Fsp3) is 0.500. The number of carbonyl (C=O) groups excluding carboxylic acids is 2. The first-order valence-corrected chi connectivity index (χ1v) is 6.97. The molecule has 1 aliphatic heterocycles. The maximum absolute atomic E-state index is 12.4. The van der Waals surface area contributed by atoms with E-state index in [1.165, 1.54) is 12.3 Å². The zero-order valence-corrected chi connectivity index (χ0v) is 12.7. The van der Waals surface area contributed by atoms with Crippen molar-refractivity contribution >= 4 is 17.6 Å². The van der Waals surface area contributed by atoms with Crippen molar-refractivity contribution in [2.75, 3.05) is 32.1 Å². The van der Waals surface area contributed by atoms with Crippen molar-refractivity contribution in [3.63, 3.8) is 0 Å². The molecule has 0 radical (unpaired) electrons. The molecule has 2 amide bonds. The van der Waals surface area contributed by atoms with E-state index < -0.39 is 30.6 Å². The maximum Gasteiger partial charge on any atom is 0.406 e. The van der Waals surface area contributed by atoms with Crippen molar-refractivity contribution in [1.82, 2.24) is 15.2 Å². The van der Waals surface area contributed by atoms with Gasteiger partial charge in [0.25, 0.3) is 5.91 Å². The highest BCUT2D eigenvalue weighted by molar-refractivity contribution is 5.98. The molecule has 0 unspecified atom stereocenters. The second kappa shape index (κ2) is 6.43. The van der Waals surface area contributed by atoms with Crippen LogP contribution >= 0.6 is 0 Å². The molecule has 1 saturated heterocycles. The second-order valence-corrected chi connectivity index (χ2v) is 5.49. The molecule has 0 bridgehead atoms. The van der Waals surface area contributed by atoms with E-state index in [1.54, 1.807) is 25.1 Å². The summed E-state index contributed by atoms with van der Waals surface area (Å²) in [4.78, 5) is 30.6. The molecule has 23 heavy (non-hydrogen) atoms. The van der Waals surface area contributed by atoms with Gasteiger partial charge in [0.2, 0.25) is 5.91 Å². The zero-order chi connectivity index (χ0) is 17.2. The molecule has 1 N–H and O–H groups in total. The average molecular weight is 330 g/mol. The zero-order valence-electron chi connectivity index (χ0n) is 12.7. The fourth-order valence-electron chi connectivity index (χ4n) is 2.29. The number of aromatic nitrogens is 1. The standard InChI is InChI=1S/C14H17F3N4O2/c1-20(2)11-7-9(3-5-18-11)12(22)19-10-4-6-21(13(10)23)8-14(15,16)17/h3,5,7,10H,4,6,8H2,1-2H3,(H,19,22)/t10-/m1/s1. The second-order valence-electron chi connectivity index (χ2n) is 5.49. The minimum atomic E-state index is -4.44. The molecule has 0 spiro atoms. The number of likely N-dealkylation sites (tertiary alicyclic amines) is 1. The third-order valence-electron chi connectivity index (χ3n) is 3.44. The lowest BCUT2D eigenvalue weighted by molar-refractivity contribution is -0.157. The number of hydrogen-bond donors (Lipinski definition) is 1. The number of rotatable bonds is 4. The molecular weight excluding hydrogens is 313 g/mol. The quantitative estimate of drug-likeness (QED) is 0.896. The van der Waals surface area contributed by atoms with Crippen LogP contribution in [0.2, 0.25) is 0 Å². The van der Waals surface area contributed by atoms with Crippen LogP contribution in [0.3, 0.4) is 0 Å². The van der Waals surface area contributed by atoms with Gasteiger partial charge in [-0.1, -0.05) is 0 Å². The third-order valence-corrected chi connectivity index (χ3v) is 3.44. The highest BCUT2D eigenvalue weighted by Crippen LogP contribution is 2.21. The molecule has 1 fully saturated rings. The predicted molar refractivity (Wildman–Crippen MR) is 77.1 cm³/mol. The van der Waals surface area contributed by atoms with Crippen molar-refractivity contribution in [3.05, 3.63) is 23.9 Å². The Morgan fingerprint density at radius 3 is 2.78 bits per heavy atom. The summed E-state index contributed by atoms with van der Waals surface area (Å²) in [6.45, 7) is -1.32. The maximum atomic E-state index is 12.4. The molecule has 2 heterocycles. The Morgan fingerprint density at radius 2 is 2.17 bits per heavy atom. The molecule has 9 heteroatoms. The van der Waals surface area contributed by atoms with Gasteiger partial charge >= 0.3 is 6.18 Å². The van der Waals surface area contributed by atoms with E-state index in [0.717, 1.165) is 0 Å². The van der Waals surface area contributed by atoms with E-state index in [1.807, 2.05) is 0 Å². The van der Waals surface area contributed by atoms with Crippen LogP contribution in [-0.2, 0) is 4.79 Å². The van der Waals surface area contributed by atoms with Crippen LogP contribution in [0.25, 0.3) is 0 Å². The van der Waals surface area contributed by atoms with Gasteiger partial charge in [0.05, 0.1) is 0 Å². The summed E-state index contributed by atoms with van der Waals surface area (Å²) in [5.74, 6) is -0.658. The summed E-state index contributed by atoms with van der Waals surface area (Å²) in [5.41, 5.74) is 0.297. The SMILES string of the molecule is CN(C)c1cc(C(=O)N[C@@H]2CCN(CC(F)(F)F)C2=O)ccn1. The number of carbonyl (C=O) groups is 2. The minimum Gasteiger partial charge on any atom is -0.363 e. The topological polar surface area (TPSA) is 65.5 Å². The summed E-state index contributed by atoms with van der Waals surface area (Å²) < 4.78 is 37.1. The lowest BCUT2D eigenvalue weighted by Gasteiger charge is -2.18. The van der Waals surface area contributed by atoms with E-state index in [0.29, 0.717) is 16.3 Å². The van der Waals surface area contributed by atoms with Gasteiger partial charge in [-0.25, -0.2) is 4.98 Å². The van der Waals surface area contributed by atoms with E-state index in [2.05, 4.69) is 10.3 Å². The van der Waals surface area contributed by atoms with Gasteiger partial charge in [0.15, 0.2) is 0 Å². The molecule has 1 aliphatic rings. The van der Waals surface area contributed by atoms with Crippen LogP contribution in [0, 0.1) is 0 Å². The third kappa shape index (κ3) is 4.33. The largest absolute Gasteiger partial charge is 0.406 e. The van der Waals surface area contributed by atoms with Gasteiger partial charge in [0.1, 0.15) is 18.4 Å². The van der Waals surface area contributed by atoms with Gasteiger partial charge in [0, 0.05) is 32.4 Å². The number of halogens is 3. The van der Waals surface area contributed by atoms with Crippen LogP contribution in [0.4, 0.5) is 19.0 Å². The number of hydrogen-bond acceptors (Lipinski definition) is 4. The predicted octanol–water partition coefficient (Wildman–Crippen LogP) is 1.04. The number of pyridine rings is 1. The van der Waals surface area contributed by atoms with Crippen molar-refractivity contribution in [2.45, 2.75) is 18.6 Å². The Morgan fingerprint density at radius 1 is 1.48 bits per heavy atom. The molecule has 1 atom stereocenters. The Kier molecular flexibility index (Phi) is 4.76. The van der Waals surface area contributed by atoms with Gasteiger partial charge in [-0.05, 0) is 18.6 Å². The van der Waals surface area contributed by atoms with Gasteiger partial charge < -0.3 is 15.1 Å². The molecule has 126 valence electrons. The van der Waals surface area contributed by atoms with Crippen molar-refractivity contribution in [2.24, 2.45) is 0 Å². The molecule has 0 saturated carbocycles. The van der Waals surface area contributed by atoms with Crippen molar-refractivity contribution in [3.8, 4) is 0 Å². The van der Waals surface area contributed by atoms with Crippen LogP contribution in [-0.4, -0.2) is 61.1 Å². The van der Waals surface area contributed by atoms with Crippen LogP contribution in [0.1, 0.15) is 16.8 Å². The highest BCUT2D eigenvalue weighted by atomic mass is 19.4. The molecule has 6 nitrogen and oxygen atoms in total. The van der Waals surface area contributed by atoms with Crippen LogP contribution < -0.4 is 10.2 Å². The number of nitrogens with one attached hydrogen (secondary N) is 1. The van der Waals surface area contributed by atoms with Crippen LogP contribution in [0.5, 0.6) is 0 Å². The van der Waals surface area contributed by atoms with E-state index in [9.17, 15) is 22.8 Å². The number of amides is 2. The summed E-state index contributed by atoms with van der Waals surface area (Å²) in [6, 6.07) is 2.10. The first kappa shape index (κ1) is 17.0. The molecule has 0 aliphatic carbocycles. The first-order valence-electron chi connectivity index (χ1n) is 6.97. The molecule has 1 aromatic rings. The summed E-state index contributed by atoms with van der Waals surface area (Å²) >= 11 is 0. The molecule has 1 aromatic heterocycles. The normalized spacial score (nSPS) is 18.2. The fourth-order valence-corrected chi connectivity index (χ4v) is 2.29. The van der Waals surface area contributed by atoms with E-state index in [4.69, 9.17) is 0 Å². The average Bonchev–Trinajstić information content (AvgIpc) is 2.78. The van der Waals surface area contributed by atoms with Gasteiger partial charge in [-0.3, -0.25) is 9.59 Å². The Labute approximate surface area is 131 Å². The lowest BCUT2D eigenvalue weighted by atomic mass is 10.2. The Bertz CT molecular complexity index is 604. The number of alkyl halides is 3. The Hall–Kier alpha value is -2.32. The van der Waals surface area contributed by atoms with Crippen molar-refractivity contribution < 1.29 is 22.8 Å². The minimum absolute atomic E-state index is 0.0252. The summed E-state index contributed by atoms with van der Waals surface area (Å²) in [5, 5.41) is 2.48. The molecule has 0 aromatic carbocycles. The number of anilines is 1. The molecule has 2 rings (SSSR count). The summed E-state index contributed by atoms with van der Waals surface area (Å²) in [6.07, 6.45) is -2.83. The van der Waals surface area contributed by atoms with Crippen molar-refractivity contribution in [1.29, 1.82) is 0 Å². The first-order chi connectivity index (χ1) is 10.7. The smallest absolute Gasteiger partial charge is 0.363 e. The monoisotopic (exact) mass is 330 g/mol. The van der Waals surface area contributed by atoms with Crippen LogP contribution in [0.15, 0.2) is 18.3 Å². The highest BCUT2D eigenvalue weighted by Gasteiger charge is 2.39. The molecular formula is C14H17F3N4O2. The van der Waals surface area contributed by atoms with Gasteiger partial charge in [-0.2, -0.15) is 13.2 Å². The van der Waals surface area contributed by atoms with Gasteiger partial charge in [-0.15, -0.1) is 0 Å². The van der Waals surface area contributed by atoms with E-state index >= 15 is 0 Å². The Balaban J connectivity index is 2.01. The number of nitrogens with zero attached hydrogens (tertiary/aromatic N) is 3. The lowest BCUT2D eigenvalue weighted by Crippen LogP contribution is -2.43. The van der Waals surface area contributed by atoms with E-state index in [-0.39, 0.29) is 13.0 Å². The summed E-state index contributed by atoms with van der Waals surface area (Å²) in [7, 11) is 3.53.